The molecule has 1 fully saturated rings. The molecule has 2 amide bonds. The molecule has 0 saturated carbocycles. The summed E-state index contributed by atoms with van der Waals surface area (Å²) in [5.41, 5.74) is 1.77. The number of piperazine rings is 1. The van der Waals surface area contributed by atoms with Gasteiger partial charge in [-0.1, -0.05) is 41.4 Å². The van der Waals surface area contributed by atoms with Gasteiger partial charge in [-0.3, -0.25) is 14.2 Å². The van der Waals surface area contributed by atoms with Gasteiger partial charge in [-0.15, -0.1) is 0 Å². The lowest BCUT2D eigenvalue weighted by molar-refractivity contribution is -0.132. The Labute approximate surface area is 258 Å². The van der Waals surface area contributed by atoms with Crippen molar-refractivity contribution in [1.29, 1.82) is 0 Å². The van der Waals surface area contributed by atoms with E-state index >= 15 is 0 Å². The van der Waals surface area contributed by atoms with Gasteiger partial charge in [-0.2, -0.15) is 4.98 Å². The molecule has 1 saturated heterocycles. The number of halogens is 2. The fourth-order valence-corrected chi connectivity index (χ4v) is 5.58. The highest BCUT2D eigenvalue weighted by Crippen LogP contribution is 2.33. The topological polar surface area (TPSA) is 115 Å². The molecule has 13 heteroatoms. The zero-order chi connectivity index (χ0) is 29.9. The lowest BCUT2D eigenvalue weighted by Crippen LogP contribution is -2.56. The van der Waals surface area contributed by atoms with Crippen molar-refractivity contribution in [3.63, 3.8) is 0 Å². The van der Waals surface area contributed by atoms with Crippen LogP contribution in [0.15, 0.2) is 67.3 Å². The molecule has 0 aliphatic carbocycles. The van der Waals surface area contributed by atoms with Gasteiger partial charge in [0.15, 0.2) is 11.5 Å². The summed E-state index contributed by atoms with van der Waals surface area (Å²) in [6.45, 7) is 3.32. The van der Waals surface area contributed by atoms with Crippen LogP contribution in [-0.2, 0) is 16.0 Å². The molecule has 0 bridgehead atoms. The average molecular weight is 623 g/mol. The molecule has 2 aliphatic rings. The Balaban J connectivity index is 1.21. The number of nitrogens with one attached hydrogen (secondary N) is 1. The highest BCUT2D eigenvalue weighted by Gasteiger charge is 2.33. The van der Waals surface area contributed by atoms with Crippen LogP contribution in [-0.4, -0.2) is 68.7 Å². The normalized spacial score (nSPS) is 16.7. The van der Waals surface area contributed by atoms with Gasteiger partial charge < -0.3 is 24.6 Å². The molecule has 2 aromatic carbocycles. The first kappa shape index (κ1) is 28.8. The molecule has 0 radical (unpaired) electrons. The number of anilines is 1. The number of amides is 2. The van der Waals surface area contributed by atoms with E-state index in [0.29, 0.717) is 47.9 Å². The van der Waals surface area contributed by atoms with Gasteiger partial charge in [0.05, 0.1) is 18.5 Å². The van der Waals surface area contributed by atoms with Crippen LogP contribution in [0.1, 0.15) is 30.5 Å². The van der Waals surface area contributed by atoms with E-state index in [-0.39, 0.29) is 48.7 Å². The standard InChI is InChI=1S/C30H29Cl2N7O4/c1-19(21-3-5-22(31)6-4-21)34-28(40)14-23-16-37(29(41)13-20-2-7-24-25(12-20)43-18-42-24)10-11-39(23)27-15-26(32)35-30(36-27)38-9-8-33-17-38/h2-9,12,15,17,19,23H,10-11,13-14,16,18H2,1H3,(H,34,40). The fourth-order valence-electron chi connectivity index (χ4n) is 5.28. The Kier molecular flexibility index (Phi) is 8.35. The molecular formula is C30H29Cl2N7O4. The van der Waals surface area contributed by atoms with Crippen molar-refractivity contribution >= 4 is 40.8 Å². The van der Waals surface area contributed by atoms with Crippen molar-refractivity contribution in [3.05, 3.63) is 88.6 Å². The van der Waals surface area contributed by atoms with Gasteiger partial charge in [-0.25, -0.2) is 9.97 Å². The molecule has 2 atom stereocenters. The maximum Gasteiger partial charge on any atom is 0.238 e. The Morgan fingerprint density at radius 1 is 1.05 bits per heavy atom. The number of hydrogen-bond acceptors (Lipinski definition) is 8. The van der Waals surface area contributed by atoms with Crippen LogP contribution >= 0.6 is 23.2 Å². The third-order valence-corrected chi connectivity index (χ3v) is 7.94. The van der Waals surface area contributed by atoms with Crippen LogP contribution in [0.25, 0.3) is 5.95 Å². The molecule has 11 nitrogen and oxygen atoms in total. The van der Waals surface area contributed by atoms with Crippen LogP contribution in [0.2, 0.25) is 10.2 Å². The largest absolute Gasteiger partial charge is 0.454 e. The quantitative estimate of drug-likeness (QED) is 0.291. The van der Waals surface area contributed by atoms with E-state index in [2.05, 4.69) is 15.3 Å². The first-order chi connectivity index (χ1) is 20.8. The first-order valence-corrected chi connectivity index (χ1v) is 14.6. The third kappa shape index (κ3) is 6.68. The molecule has 4 heterocycles. The number of hydrogen-bond donors (Lipinski definition) is 1. The molecule has 0 spiro atoms. The summed E-state index contributed by atoms with van der Waals surface area (Å²) in [4.78, 5) is 43.8. The van der Waals surface area contributed by atoms with E-state index in [1.165, 1.54) is 0 Å². The van der Waals surface area contributed by atoms with E-state index in [9.17, 15) is 9.59 Å². The number of rotatable bonds is 8. The van der Waals surface area contributed by atoms with Gasteiger partial charge in [0.25, 0.3) is 0 Å². The summed E-state index contributed by atoms with van der Waals surface area (Å²) in [5.74, 6) is 2.03. The van der Waals surface area contributed by atoms with Crippen molar-refractivity contribution in [2.75, 3.05) is 31.3 Å². The van der Waals surface area contributed by atoms with E-state index < -0.39 is 0 Å². The number of carbonyl (C=O) groups excluding carboxylic acids is 2. The van der Waals surface area contributed by atoms with E-state index in [0.717, 1.165) is 11.1 Å². The maximum atomic E-state index is 13.5. The number of imidazole rings is 1. The van der Waals surface area contributed by atoms with Gasteiger partial charge in [0.2, 0.25) is 24.6 Å². The van der Waals surface area contributed by atoms with E-state index in [1.54, 1.807) is 46.4 Å². The number of carbonyl (C=O) groups is 2. The summed E-state index contributed by atoms with van der Waals surface area (Å²) in [6, 6.07) is 14.0. The Morgan fingerprint density at radius 2 is 1.86 bits per heavy atom. The highest BCUT2D eigenvalue weighted by atomic mass is 35.5. The maximum absolute atomic E-state index is 13.5. The van der Waals surface area contributed by atoms with Crippen LogP contribution in [0.4, 0.5) is 5.82 Å². The summed E-state index contributed by atoms with van der Waals surface area (Å²) < 4.78 is 12.5. The van der Waals surface area contributed by atoms with Crippen molar-refractivity contribution in [1.82, 2.24) is 29.7 Å². The predicted octanol–water partition coefficient (Wildman–Crippen LogP) is 4.23. The average Bonchev–Trinajstić information content (AvgIpc) is 3.70. The summed E-state index contributed by atoms with van der Waals surface area (Å²) >= 11 is 12.4. The van der Waals surface area contributed by atoms with E-state index in [4.69, 9.17) is 37.7 Å². The molecule has 2 aromatic heterocycles. The molecule has 43 heavy (non-hydrogen) atoms. The smallest absolute Gasteiger partial charge is 0.238 e. The minimum Gasteiger partial charge on any atom is -0.454 e. The van der Waals surface area contributed by atoms with Crippen molar-refractivity contribution < 1.29 is 19.1 Å². The molecule has 2 unspecified atom stereocenters. The third-order valence-electron chi connectivity index (χ3n) is 7.50. The second-order valence-electron chi connectivity index (χ2n) is 10.4. The molecule has 6 rings (SSSR count). The van der Waals surface area contributed by atoms with Crippen LogP contribution in [0, 0.1) is 0 Å². The van der Waals surface area contributed by atoms with Crippen molar-refractivity contribution in [2.24, 2.45) is 0 Å². The fraction of sp³-hybridized carbons (Fsp3) is 0.300. The number of ether oxygens (including phenoxy) is 2. The second kappa shape index (κ2) is 12.5. The SMILES string of the molecule is CC(NC(=O)CC1CN(C(=O)Cc2ccc3c(c2)OCO3)CCN1c1cc(Cl)nc(-n2ccnc2)n1)c1ccc(Cl)cc1. The minimum atomic E-state index is -0.367. The second-order valence-corrected chi connectivity index (χ2v) is 11.2. The number of nitrogens with zero attached hydrogens (tertiary/aromatic N) is 6. The van der Waals surface area contributed by atoms with Gasteiger partial charge in [0.1, 0.15) is 17.3 Å². The zero-order valence-corrected chi connectivity index (χ0v) is 24.8. The van der Waals surface area contributed by atoms with Gasteiger partial charge in [0, 0.05) is 49.5 Å². The van der Waals surface area contributed by atoms with Crippen molar-refractivity contribution in [3.8, 4) is 17.4 Å². The molecule has 4 aromatic rings. The Bertz CT molecular complexity index is 1620. The molecule has 2 aliphatic heterocycles. The Hall–Kier alpha value is -4.35. The minimum absolute atomic E-state index is 0.0433. The van der Waals surface area contributed by atoms with Gasteiger partial charge >= 0.3 is 0 Å². The number of benzene rings is 2. The predicted molar refractivity (Wildman–Crippen MR) is 161 cm³/mol. The number of aromatic nitrogens is 4. The van der Waals surface area contributed by atoms with Crippen molar-refractivity contribution in [2.45, 2.75) is 31.8 Å². The summed E-state index contributed by atoms with van der Waals surface area (Å²) in [7, 11) is 0. The van der Waals surface area contributed by atoms with Crippen LogP contribution < -0.4 is 19.7 Å². The summed E-state index contributed by atoms with van der Waals surface area (Å²) in [5, 5.41) is 3.97. The van der Waals surface area contributed by atoms with Crippen LogP contribution in [0.3, 0.4) is 0 Å². The van der Waals surface area contributed by atoms with E-state index in [1.807, 2.05) is 42.2 Å². The van der Waals surface area contributed by atoms with Crippen LogP contribution in [0.5, 0.6) is 11.5 Å². The Morgan fingerprint density at radius 3 is 2.65 bits per heavy atom. The highest BCUT2D eigenvalue weighted by molar-refractivity contribution is 6.30. The molecule has 222 valence electrons. The summed E-state index contributed by atoms with van der Waals surface area (Å²) in [6.07, 6.45) is 5.28. The first-order valence-electron chi connectivity index (χ1n) is 13.8. The lowest BCUT2D eigenvalue weighted by Gasteiger charge is -2.42. The zero-order valence-electron chi connectivity index (χ0n) is 23.3. The van der Waals surface area contributed by atoms with Gasteiger partial charge in [-0.05, 0) is 42.3 Å². The molecule has 1 N–H and O–H groups in total. The monoisotopic (exact) mass is 621 g/mol. The lowest BCUT2D eigenvalue weighted by atomic mass is 10.0. The molecular weight excluding hydrogens is 593 g/mol. The number of fused-ring (bicyclic) bond motifs is 1.